The average molecular weight is 314 g/mol. The molecule has 3 aromatic rings. The quantitative estimate of drug-likeness (QED) is 0.701. The van der Waals surface area contributed by atoms with E-state index in [0.717, 1.165) is 27.6 Å². The van der Waals surface area contributed by atoms with Gasteiger partial charge in [-0.05, 0) is 6.07 Å². The number of hydrogen-bond acceptors (Lipinski definition) is 5. The lowest BCUT2D eigenvalue weighted by atomic mass is 9.85. The highest BCUT2D eigenvalue weighted by molar-refractivity contribution is 6.03. The molecule has 3 rings (SSSR count). The Balaban J connectivity index is 2.38. The van der Waals surface area contributed by atoms with Crippen molar-refractivity contribution < 1.29 is 9.84 Å². The largest absolute Gasteiger partial charge is 0.395 e. The van der Waals surface area contributed by atoms with Crippen molar-refractivity contribution in [1.82, 2.24) is 14.5 Å². The van der Waals surface area contributed by atoms with Gasteiger partial charge in [-0.2, -0.15) is 0 Å². The van der Waals surface area contributed by atoms with Crippen molar-refractivity contribution >= 4 is 21.9 Å². The van der Waals surface area contributed by atoms with Crippen molar-refractivity contribution in [1.29, 1.82) is 0 Å². The van der Waals surface area contributed by atoms with Crippen LogP contribution in [0.5, 0.6) is 0 Å². The van der Waals surface area contributed by atoms with E-state index in [-0.39, 0.29) is 6.61 Å². The molecular formula is C17H22N4O2. The molecule has 0 saturated heterocycles. The molecule has 23 heavy (non-hydrogen) atoms. The number of nitrogens with zero attached hydrogens (tertiary/aromatic N) is 3. The van der Waals surface area contributed by atoms with E-state index in [4.69, 9.17) is 15.5 Å². The normalized spacial score (nSPS) is 13.8. The number of hydrogen-bond donors (Lipinski definition) is 2. The van der Waals surface area contributed by atoms with Crippen molar-refractivity contribution in [2.24, 2.45) is 5.73 Å². The van der Waals surface area contributed by atoms with Crippen molar-refractivity contribution in [3.8, 4) is 0 Å². The summed E-state index contributed by atoms with van der Waals surface area (Å²) in [6.07, 6.45) is 1.25. The molecule has 0 fully saturated rings. The van der Waals surface area contributed by atoms with E-state index in [1.807, 2.05) is 42.7 Å². The van der Waals surface area contributed by atoms with Crippen molar-refractivity contribution in [3.63, 3.8) is 0 Å². The smallest absolute Gasteiger partial charge is 0.116 e. The highest BCUT2D eigenvalue weighted by Crippen LogP contribution is 2.34. The molecule has 0 saturated carbocycles. The van der Waals surface area contributed by atoms with Crippen LogP contribution in [0.1, 0.15) is 19.5 Å². The Morgan fingerprint density at radius 1 is 1.35 bits per heavy atom. The number of aliphatic hydroxyl groups is 1. The van der Waals surface area contributed by atoms with Gasteiger partial charge in [-0.25, -0.2) is 9.97 Å². The van der Waals surface area contributed by atoms with E-state index in [2.05, 4.69) is 4.98 Å². The van der Waals surface area contributed by atoms with E-state index in [1.54, 1.807) is 13.4 Å². The lowest BCUT2D eigenvalue weighted by Crippen LogP contribution is -2.43. The molecule has 2 heterocycles. The molecule has 1 unspecified atom stereocenters. The summed E-state index contributed by atoms with van der Waals surface area (Å²) in [5.41, 5.74) is 9.09. The van der Waals surface area contributed by atoms with Crippen LogP contribution < -0.4 is 5.73 Å². The van der Waals surface area contributed by atoms with Crippen molar-refractivity contribution in [3.05, 3.63) is 36.3 Å². The predicted octanol–water partition coefficient (Wildman–Crippen LogP) is 1.79. The second kappa shape index (κ2) is 5.88. The molecule has 0 radical (unpaired) electrons. The van der Waals surface area contributed by atoms with Crippen LogP contribution >= 0.6 is 0 Å². The molecule has 0 aliphatic carbocycles. The highest BCUT2D eigenvalue weighted by Gasteiger charge is 2.33. The minimum absolute atomic E-state index is 0.0540. The Labute approximate surface area is 134 Å². The van der Waals surface area contributed by atoms with Crippen LogP contribution in [0.3, 0.4) is 0 Å². The number of aromatic nitrogens is 3. The fourth-order valence-corrected chi connectivity index (χ4v) is 2.94. The van der Waals surface area contributed by atoms with Crippen LogP contribution in [0.4, 0.5) is 0 Å². The maximum atomic E-state index is 9.32. The number of imidazole rings is 1. The topological polar surface area (TPSA) is 86.2 Å². The summed E-state index contributed by atoms with van der Waals surface area (Å²) in [5, 5.41) is 10.3. The zero-order valence-electron chi connectivity index (χ0n) is 13.7. The van der Waals surface area contributed by atoms with Gasteiger partial charge >= 0.3 is 0 Å². The van der Waals surface area contributed by atoms with E-state index < -0.39 is 11.6 Å². The third-order valence-corrected chi connectivity index (χ3v) is 4.37. The summed E-state index contributed by atoms with van der Waals surface area (Å²) >= 11 is 0. The highest BCUT2D eigenvalue weighted by atomic mass is 16.5. The molecule has 6 nitrogen and oxygen atoms in total. The van der Waals surface area contributed by atoms with Crippen molar-refractivity contribution in [2.75, 3.05) is 13.7 Å². The number of para-hydroxylation sites is 1. The predicted molar refractivity (Wildman–Crippen MR) is 90.1 cm³/mol. The number of aliphatic hydroxyl groups excluding tert-OH is 1. The summed E-state index contributed by atoms with van der Waals surface area (Å²) < 4.78 is 7.30. The molecule has 122 valence electrons. The summed E-state index contributed by atoms with van der Waals surface area (Å²) in [7, 11) is 1.59. The minimum atomic E-state index is -0.505. The van der Waals surface area contributed by atoms with E-state index in [1.165, 1.54) is 0 Å². The fraction of sp³-hybridized carbons (Fsp3) is 0.412. The monoisotopic (exact) mass is 314 g/mol. The lowest BCUT2D eigenvalue weighted by molar-refractivity contribution is 0.0500. The molecule has 0 aliphatic heterocycles. The zero-order chi connectivity index (χ0) is 16.6. The molecule has 0 aliphatic rings. The average Bonchev–Trinajstić information content (AvgIpc) is 2.97. The van der Waals surface area contributed by atoms with Gasteiger partial charge in [0.2, 0.25) is 0 Å². The molecule has 6 heteroatoms. The number of rotatable bonds is 5. The van der Waals surface area contributed by atoms with Gasteiger partial charge in [0.05, 0.1) is 29.7 Å². The molecule has 1 atom stereocenters. The van der Waals surface area contributed by atoms with Crippen LogP contribution in [-0.4, -0.2) is 39.6 Å². The maximum Gasteiger partial charge on any atom is 0.116 e. The number of fused-ring (bicyclic) bond motifs is 3. The van der Waals surface area contributed by atoms with E-state index in [9.17, 15) is 5.11 Å². The van der Waals surface area contributed by atoms with Crippen LogP contribution in [0.15, 0.2) is 30.6 Å². The van der Waals surface area contributed by atoms with Gasteiger partial charge in [0.25, 0.3) is 0 Å². The number of benzene rings is 1. The SMILES string of the molecule is COC(N)C(C)(C)c1nc2ccccc2c2c1ncn2CCO. The molecule has 0 spiro atoms. The first-order valence-electron chi connectivity index (χ1n) is 7.64. The van der Waals surface area contributed by atoms with Gasteiger partial charge in [-0.15, -0.1) is 0 Å². The number of pyridine rings is 1. The van der Waals surface area contributed by atoms with E-state index in [0.29, 0.717) is 6.54 Å². The van der Waals surface area contributed by atoms with Crippen LogP contribution in [0.2, 0.25) is 0 Å². The Bertz CT molecular complexity index is 841. The third kappa shape index (κ3) is 2.49. The Morgan fingerprint density at radius 3 is 2.78 bits per heavy atom. The van der Waals surface area contributed by atoms with Crippen molar-refractivity contribution in [2.45, 2.75) is 32.0 Å². The standard InChI is InChI=1S/C17H22N4O2/c1-17(2,16(18)23-3)15-13-14(21(8-9-22)10-19-13)11-6-4-5-7-12(11)20-15/h4-7,10,16,22H,8-9,18H2,1-3H3. The summed E-state index contributed by atoms with van der Waals surface area (Å²) in [6.45, 7) is 4.55. The first kappa shape index (κ1) is 15.9. The summed E-state index contributed by atoms with van der Waals surface area (Å²) in [5.74, 6) is 0. The van der Waals surface area contributed by atoms with E-state index >= 15 is 0 Å². The minimum Gasteiger partial charge on any atom is -0.395 e. The van der Waals surface area contributed by atoms with Gasteiger partial charge in [0, 0.05) is 24.5 Å². The number of ether oxygens (including phenoxy) is 1. The number of methoxy groups -OCH3 is 1. The second-order valence-electron chi connectivity index (χ2n) is 6.21. The molecule has 0 amide bonds. The van der Waals surface area contributed by atoms with Gasteiger partial charge in [0.15, 0.2) is 0 Å². The molecular weight excluding hydrogens is 292 g/mol. The van der Waals surface area contributed by atoms with Gasteiger partial charge in [-0.3, -0.25) is 0 Å². The Morgan fingerprint density at radius 2 is 2.09 bits per heavy atom. The van der Waals surface area contributed by atoms with Crippen LogP contribution in [0.25, 0.3) is 21.9 Å². The first-order chi connectivity index (χ1) is 11.0. The number of nitrogens with two attached hydrogens (primary N) is 1. The maximum absolute atomic E-state index is 9.32. The van der Waals surface area contributed by atoms with Crippen LogP contribution in [0, 0.1) is 0 Å². The Hall–Kier alpha value is -2.02. The third-order valence-electron chi connectivity index (χ3n) is 4.37. The molecule has 2 aromatic heterocycles. The zero-order valence-corrected chi connectivity index (χ0v) is 13.7. The van der Waals surface area contributed by atoms with Gasteiger partial charge < -0.3 is 20.1 Å². The second-order valence-corrected chi connectivity index (χ2v) is 6.21. The lowest BCUT2D eigenvalue weighted by Gasteiger charge is -2.30. The molecule has 3 N–H and O–H groups in total. The molecule has 1 aromatic carbocycles. The van der Waals surface area contributed by atoms with Gasteiger partial charge in [-0.1, -0.05) is 32.0 Å². The van der Waals surface area contributed by atoms with Gasteiger partial charge in [0.1, 0.15) is 11.7 Å². The first-order valence-corrected chi connectivity index (χ1v) is 7.64. The van der Waals surface area contributed by atoms with Crippen LogP contribution in [-0.2, 0) is 16.7 Å². The summed E-state index contributed by atoms with van der Waals surface area (Å²) in [6, 6.07) is 7.93. The summed E-state index contributed by atoms with van der Waals surface area (Å²) in [4.78, 5) is 9.37. The fourth-order valence-electron chi connectivity index (χ4n) is 2.94. The Kier molecular flexibility index (Phi) is 4.06. The molecule has 0 bridgehead atoms.